The fourth-order valence-corrected chi connectivity index (χ4v) is 2.78. The Kier molecular flexibility index (Phi) is 6.16. The molecule has 1 amide bonds. The molecular weight excluding hydrogens is 350 g/mol. The molecule has 2 N–H and O–H groups in total. The number of nitrogens with one attached hydrogen (secondary N) is 1. The molecule has 17 heavy (non-hydrogen) atoms. The highest BCUT2D eigenvalue weighted by molar-refractivity contribution is 9.11. The van der Waals surface area contributed by atoms with Gasteiger partial charge in [0.1, 0.15) is 0 Å². The molecule has 0 heterocycles. The number of benzene rings is 1. The summed E-state index contributed by atoms with van der Waals surface area (Å²) in [6.45, 7) is 2.07. The molecule has 1 aromatic carbocycles. The van der Waals surface area contributed by atoms with E-state index < -0.39 is 0 Å². The van der Waals surface area contributed by atoms with Crippen LogP contribution in [0.2, 0.25) is 0 Å². The molecular formula is C12H15Br2NO2. The molecule has 5 heteroatoms. The molecule has 0 aromatic heterocycles. The molecule has 94 valence electrons. The maximum atomic E-state index is 12.0. The third-order valence-corrected chi connectivity index (χ3v) is 3.35. The van der Waals surface area contributed by atoms with E-state index in [0.717, 1.165) is 15.4 Å². The number of carbonyl (C=O) groups excluding carboxylic acids is 1. The molecule has 0 fully saturated rings. The van der Waals surface area contributed by atoms with Gasteiger partial charge in [0, 0.05) is 27.2 Å². The number of aliphatic hydroxyl groups is 1. The van der Waals surface area contributed by atoms with Crippen LogP contribution in [-0.2, 0) is 0 Å². The molecule has 0 saturated heterocycles. The Morgan fingerprint density at radius 3 is 2.41 bits per heavy atom. The highest BCUT2D eigenvalue weighted by Gasteiger charge is 2.12. The SMILES string of the molecule is CCC(CCO)NC(=O)c1cc(Br)cc(Br)c1. The van der Waals surface area contributed by atoms with E-state index in [9.17, 15) is 4.79 Å². The molecule has 1 rings (SSSR count). The van der Waals surface area contributed by atoms with Crippen molar-refractivity contribution in [2.45, 2.75) is 25.8 Å². The normalized spacial score (nSPS) is 12.2. The van der Waals surface area contributed by atoms with Gasteiger partial charge >= 0.3 is 0 Å². The zero-order valence-electron chi connectivity index (χ0n) is 9.54. The first-order valence-corrected chi connectivity index (χ1v) is 7.03. The van der Waals surface area contributed by atoms with Gasteiger partial charge in [-0.3, -0.25) is 4.79 Å². The zero-order chi connectivity index (χ0) is 12.8. The second-order valence-corrected chi connectivity index (χ2v) is 5.58. The van der Waals surface area contributed by atoms with Gasteiger partial charge in [-0.05, 0) is 31.0 Å². The van der Waals surface area contributed by atoms with Crippen LogP contribution in [0.15, 0.2) is 27.1 Å². The zero-order valence-corrected chi connectivity index (χ0v) is 12.7. The number of amides is 1. The Morgan fingerprint density at radius 1 is 1.35 bits per heavy atom. The fourth-order valence-electron chi connectivity index (χ4n) is 1.49. The van der Waals surface area contributed by atoms with Crippen LogP contribution in [0, 0.1) is 0 Å². The van der Waals surface area contributed by atoms with E-state index in [1.54, 1.807) is 12.1 Å². The topological polar surface area (TPSA) is 49.3 Å². The lowest BCUT2D eigenvalue weighted by molar-refractivity contribution is 0.0929. The van der Waals surface area contributed by atoms with Crippen molar-refractivity contribution in [1.82, 2.24) is 5.32 Å². The summed E-state index contributed by atoms with van der Waals surface area (Å²) >= 11 is 6.69. The van der Waals surface area contributed by atoms with Crippen LogP contribution in [0.25, 0.3) is 0 Å². The summed E-state index contributed by atoms with van der Waals surface area (Å²) in [6, 6.07) is 5.43. The van der Waals surface area contributed by atoms with Crippen molar-refractivity contribution >= 4 is 37.8 Å². The number of hydrogen-bond donors (Lipinski definition) is 2. The van der Waals surface area contributed by atoms with E-state index in [1.165, 1.54) is 0 Å². The molecule has 1 unspecified atom stereocenters. The molecule has 0 aliphatic rings. The van der Waals surface area contributed by atoms with Gasteiger partial charge in [-0.2, -0.15) is 0 Å². The van der Waals surface area contributed by atoms with Crippen LogP contribution in [0.1, 0.15) is 30.1 Å². The summed E-state index contributed by atoms with van der Waals surface area (Å²) in [7, 11) is 0. The molecule has 0 radical (unpaired) electrons. The summed E-state index contributed by atoms with van der Waals surface area (Å²) in [5.74, 6) is -0.118. The highest BCUT2D eigenvalue weighted by atomic mass is 79.9. The fraction of sp³-hybridized carbons (Fsp3) is 0.417. The van der Waals surface area contributed by atoms with E-state index in [1.807, 2.05) is 13.0 Å². The Bertz CT molecular complexity index is 376. The van der Waals surface area contributed by atoms with Gasteiger partial charge < -0.3 is 10.4 Å². The lowest BCUT2D eigenvalue weighted by Gasteiger charge is -2.15. The second-order valence-electron chi connectivity index (χ2n) is 3.75. The molecule has 0 spiro atoms. The average Bonchev–Trinajstić information content (AvgIpc) is 2.27. The predicted molar refractivity (Wildman–Crippen MR) is 75.1 cm³/mol. The first kappa shape index (κ1) is 14.7. The summed E-state index contributed by atoms with van der Waals surface area (Å²) in [5, 5.41) is 11.8. The molecule has 0 saturated carbocycles. The van der Waals surface area contributed by atoms with Crippen molar-refractivity contribution in [3.8, 4) is 0 Å². The number of rotatable bonds is 5. The summed E-state index contributed by atoms with van der Waals surface area (Å²) < 4.78 is 1.71. The van der Waals surface area contributed by atoms with Gasteiger partial charge in [0.15, 0.2) is 0 Å². The lowest BCUT2D eigenvalue weighted by atomic mass is 10.1. The molecule has 0 aliphatic heterocycles. The highest BCUT2D eigenvalue weighted by Crippen LogP contribution is 2.20. The van der Waals surface area contributed by atoms with Gasteiger partial charge in [0.25, 0.3) is 5.91 Å². The number of carbonyl (C=O) groups is 1. The smallest absolute Gasteiger partial charge is 0.251 e. The first-order chi connectivity index (χ1) is 8.06. The Balaban J connectivity index is 2.75. The van der Waals surface area contributed by atoms with Crippen LogP contribution in [0.3, 0.4) is 0 Å². The quantitative estimate of drug-likeness (QED) is 0.843. The predicted octanol–water partition coefficient (Wildman–Crippen LogP) is 3.10. The summed E-state index contributed by atoms with van der Waals surface area (Å²) in [5.41, 5.74) is 0.600. The molecule has 0 aliphatic carbocycles. The Hall–Kier alpha value is -0.390. The summed E-state index contributed by atoms with van der Waals surface area (Å²) in [6.07, 6.45) is 1.39. The number of halogens is 2. The lowest BCUT2D eigenvalue weighted by Crippen LogP contribution is -2.35. The van der Waals surface area contributed by atoms with Gasteiger partial charge in [-0.15, -0.1) is 0 Å². The van der Waals surface area contributed by atoms with Crippen LogP contribution < -0.4 is 5.32 Å². The summed E-state index contributed by atoms with van der Waals surface area (Å²) in [4.78, 5) is 12.0. The second kappa shape index (κ2) is 7.13. The van der Waals surface area contributed by atoms with E-state index in [-0.39, 0.29) is 18.6 Å². The maximum Gasteiger partial charge on any atom is 0.251 e. The molecule has 3 nitrogen and oxygen atoms in total. The van der Waals surface area contributed by atoms with Crippen molar-refractivity contribution in [2.24, 2.45) is 0 Å². The average molecular weight is 365 g/mol. The Morgan fingerprint density at radius 2 is 1.94 bits per heavy atom. The first-order valence-electron chi connectivity index (χ1n) is 5.44. The van der Waals surface area contributed by atoms with Gasteiger partial charge in [-0.1, -0.05) is 38.8 Å². The van der Waals surface area contributed by atoms with Crippen LogP contribution >= 0.6 is 31.9 Å². The number of hydrogen-bond acceptors (Lipinski definition) is 2. The maximum absolute atomic E-state index is 12.0. The van der Waals surface area contributed by atoms with Crippen molar-refractivity contribution in [3.05, 3.63) is 32.7 Å². The minimum absolute atomic E-state index is 0.0188. The standard InChI is InChI=1S/C12H15Br2NO2/c1-2-11(3-4-16)15-12(17)8-5-9(13)7-10(14)6-8/h5-7,11,16H,2-4H2,1H3,(H,15,17). The van der Waals surface area contributed by atoms with E-state index in [0.29, 0.717) is 12.0 Å². The van der Waals surface area contributed by atoms with Crippen LogP contribution in [0.5, 0.6) is 0 Å². The largest absolute Gasteiger partial charge is 0.396 e. The van der Waals surface area contributed by atoms with Gasteiger partial charge in [0.05, 0.1) is 0 Å². The monoisotopic (exact) mass is 363 g/mol. The third kappa shape index (κ3) is 4.77. The van der Waals surface area contributed by atoms with Gasteiger partial charge in [-0.25, -0.2) is 0 Å². The Labute approximate surface area is 118 Å². The van der Waals surface area contributed by atoms with Crippen LogP contribution in [0.4, 0.5) is 0 Å². The van der Waals surface area contributed by atoms with E-state index in [2.05, 4.69) is 37.2 Å². The number of aliphatic hydroxyl groups excluding tert-OH is 1. The van der Waals surface area contributed by atoms with Crippen molar-refractivity contribution in [3.63, 3.8) is 0 Å². The van der Waals surface area contributed by atoms with Crippen molar-refractivity contribution in [1.29, 1.82) is 0 Å². The molecule has 1 aromatic rings. The van der Waals surface area contributed by atoms with Crippen molar-refractivity contribution < 1.29 is 9.90 Å². The molecule has 0 bridgehead atoms. The van der Waals surface area contributed by atoms with E-state index in [4.69, 9.17) is 5.11 Å². The van der Waals surface area contributed by atoms with E-state index >= 15 is 0 Å². The third-order valence-electron chi connectivity index (χ3n) is 2.43. The minimum Gasteiger partial charge on any atom is -0.396 e. The molecule has 1 atom stereocenters. The van der Waals surface area contributed by atoms with Crippen LogP contribution in [-0.4, -0.2) is 23.7 Å². The van der Waals surface area contributed by atoms with Crippen molar-refractivity contribution in [2.75, 3.05) is 6.61 Å². The minimum atomic E-state index is -0.118. The van der Waals surface area contributed by atoms with Gasteiger partial charge in [0.2, 0.25) is 0 Å².